The summed E-state index contributed by atoms with van der Waals surface area (Å²) >= 11 is -1.11. The first kappa shape index (κ1) is 12.2. The second-order valence-electron chi connectivity index (χ2n) is 5.52. The van der Waals surface area contributed by atoms with Gasteiger partial charge >= 0.3 is 5.97 Å². The zero-order valence-corrected chi connectivity index (χ0v) is 11.0. The Balaban J connectivity index is 2.06. The Morgan fingerprint density at radius 3 is 2.38 bits per heavy atom. The molecule has 4 nitrogen and oxygen atoms in total. The number of methoxy groups -OCH3 is 1. The molecule has 1 saturated heterocycles. The van der Waals surface area contributed by atoms with Crippen molar-refractivity contribution in [2.45, 2.75) is 50.4 Å². The van der Waals surface area contributed by atoms with Gasteiger partial charge in [0.05, 0.1) is 13.2 Å². The van der Waals surface area contributed by atoms with E-state index in [-0.39, 0.29) is 22.8 Å². The van der Waals surface area contributed by atoms with Crippen molar-refractivity contribution in [1.82, 2.24) is 4.31 Å². The smallest absolute Gasteiger partial charge is 0.329 e. The van der Waals surface area contributed by atoms with Gasteiger partial charge in [-0.15, -0.1) is 4.31 Å². The van der Waals surface area contributed by atoms with Crippen molar-refractivity contribution in [3.63, 3.8) is 0 Å². The van der Waals surface area contributed by atoms with Crippen LogP contribution in [0, 0.1) is 5.92 Å². The Hall–Kier alpha value is -0.260. The number of carbonyl (C=O) groups is 1. The van der Waals surface area contributed by atoms with Crippen molar-refractivity contribution in [1.29, 1.82) is 0 Å². The summed E-state index contributed by atoms with van der Waals surface area (Å²) in [5.41, 5.74) is 0. The van der Waals surface area contributed by atoms with Gasteiger partial charge < -0.3 is 9.29 Å². The van der Waals surface area contributed by atoms with E-state index in [0.29, 0.717) is 5.92 Å². The van der Waals surface area contributed by atoms with E-state index in [1.54, 1.807) is 0 Å². The Bertz CT molecular complexity index is 298. The zero-order chi connectivity index (χ0) is 12.1. The van der Waals surface area contributed by atoms with Gasteiger partial charge in [-0.3, -0.25) is 4.79 Å². The van der Waals surface area contributed by atoms with Crippen LogP contribution in [0.3, 0.4) is 0 Å². The van der Waals surface area contributed by atoms with Crippen LogP contribution in [0.2, 0.25) is 0 Å². The number of nitrogens with zero attached hydrogens (tertiary/aromatic N) is 1. The first-order valence-electron chi connectivity index (χ1n) is 5.66. The molecule has 2 unspecified atom stereocenters. The molecule has 1 saturated carbocycles. The lowest BCUT2D eigenvalue weighted by molar-refractivity contribution is -0.140. The molecule has 16 heavy (non-hydrogen) atoms. The van der Waals surface area contributed by atoms with E-state index >= 15 is 0 Å². The highest BCUT2D eigenvalue weighted by molar-refractivity contribution is 7.90. The third-order valence-electron chi connectivity index (χ3n) is 3.06. The minimum atomic E-state index is -1.11. The van der Waals surface area contributed by atoms with Crippen LogP contribution in [-0.2, 0) is 20.9 Å². The molecule has 1 heterocycles. The molecule has 0 N–H and O–H groups in total. The van der Waals surface area contributed by atoms with Crippen molar-refractivity contribution in [2.75, 3.05) is 7.11 Å². The summed E-state index contributed by atoms with van der Waals surface area (Å²) in [6, 6.07) is -0.106. The molecule has 92 valence electrons. The second-order valence-corrected chi connectivity index (χ2v) is 7.66. The van der Waals surface area contributed by atoms with Crippen molar-refractivity contribution < 1.29 is 14.1 Å². The Morgan fingerprint density at radius 1 is 1.44 bits per heavy atom. The van der Waals surface area contributed by atoms with Crippen LogP contribution in [0.1, 0.15) is 33.6 Å². The van der Waals surface area contributed by atoms with Gasteiger partial charge in [-0.2, -0.15) is 0 Å². The molecule has 4 atom stereocenters. The fraction of sp³-hybridized carbons (Fsp3) is 0.909. The fourth-order valence-electron chi connectivity index (χ4n) is 2.03. The molecule has 5 heteroatoms. The van der Waals surface area contributed by atoms with E-state index in [1.807, 2.05) is 25.1 Å². The monoisotopic (exact) mass is 245 g/mol. The fourth-order valence-corrected chi connectivity index (χ4v) is 3.53. The van der Waals surface area contributed by atoms with Crippen molar-refractivity contribution in [2.24, 2.45) is 5.92 Å². The zero-order valence-electron chi connectivity index (χ0n) is 10.2. The minimum Gasteiger partial charge on any atom is -0.597 e. The second kappa shape index (κ2) is 3.89. The van der Waals surface area contributed by atoms with E-state index < -0.39 is 11.4 Å². The molecule has 0 amide bonds. The van der Waals surface area contributed by atoms with Gasteiger partial charge in [-0.1, -0.05) is 0 Å². The highest BCUT2D eigenvalue weighted by Gasteiger charge is 2.67. The summed E-state index contributed by atoms with van der Waals surface area (Å²) < 4.78 is 18.5. The number of ether oxygens (including phenoxy) is 1. The molecule has 2 aliphatic rings. The molecule has 1 aliphatic carbocycles. The van der Waals surface area contributed by atoms with Crippen LogP contribution in [0.4, 0.5) is 0 Å². The van der Waals surface area contributed by atoms with E-state index in [1.165, 1.54) is 7.11 Å². The van der Waals surface area contributed by atoms with Gasteiger partial charge in [0, 0.05) is 11.4 Å². The summed E-state index contributed by atoms with van der Waals surface area (Å²) in [6.07, 6.45) is 2.30. The number of rotatable bonds is 3. The van der Waals surface area contributed by atoms with Gasteiger partial charge in [-0.05, 0) is 39.5 Å². The first-order chi connectivity index (χ1) is 7.38. The van der Waals surface area contributed by atoms with Crippen LogP contribution in [0.25, 0.3) is 0 Å². The molecule has 0 bridgehead atoms. The van der Waals surface area contributed by atoms with Crippen molar-refractivity contribution in [3.05, 3.63) is 0 Å². The van der Waals surface area contributed by atoms with E-state index in [9.17, 15) is 9.35 Å². The molecule has 0 spiro atoms. The number of hydrogen-bond acceptors (Lipinski definition) is 4. The molecular weight excluding hydrogens is 226 g/mol. The van der Waals surface area contributed by atoms with Gasteiger partial charge in [-0.25, -0.2) is 0 Å². The van der Waals surface area contributed by atoms with Gasteiger partial charge in [0.15, 0.2) is 6.04 Å². The predicted molar refractivity (Wildman–Crippen MR) is 62.1 cm³/mol. The van der Waals surface area contributed by atoms with Crippen LogP contribution in [0.15, 0.2) is 0 Å². The molecule has 0 aromatic heterocycles. The number of esters is 1. The van der Waals surface area contributed by atoms with Crippen LogP contribution >= 0.6 is 0 Å². The maximum absolute atomic E-state index is 12.2. The normalized spacial score (nSPS) is 35.7. The minimum absolute atomic E-state index is 0.160. The molecule has 0 radical (unpaired) electrons. The number of carbonyl (C=O) groups excluding carboxylic acids is 1. The Labute approximate surface area is 99.6 Å². The summed E-state index contributed by atoms with van der Waals surface area (Å²) in [5, 5.41) is 0. The molecule has 0 aromatic carbocycles. The van der Waals surface area contributed by atoms with Crippen molar-refractivity contribution >= 4 is 17.3 Å². The van der Waals surface area contributed by atoms with Crippen molar-refractivity contribution in [3.8, 4) is 0 Å². The summed E-state index contributed by atoms with van der Waals surface area (Å²) in [4.78, 5) is 11.6. The quantitative estimate of drug-likeness (QED) is 0.424. The van der Waals surface area contributed by atoms with Crippen LogP contribution < -0.4 is 0 Å². The Morgan fingerprint density at radius 2 is 2.00 bits per heavy atom. The maximum atomic E-state index is 12.2. The topological polar surface area (TPSA) is 52.4 Å². The molecule has 0 aromatic rings. The highest BCUT2D eigenvalue weighted by Crippen LogP contribution is 2.50. The van der Waals surface area contributed by atoms with Crippen LogP contribution in [-0.4, -0.2) is 38.8 Å². The van der Waals surface area contributed by atoms with Crippen LogP contribution in [0.5, 0.6) is 0 Å². The summed E-state index contributed by atoms with van der Waals surface area (Å²) in [5.74, 6) is 0.310. The van der Waals surface area contributed by atoms with Gasteiger partial charge in [0.1, 0.15) is 4.75 Å². The predicted octanol–water partition coefficient (Wildman–Crippen LogP) is 1.08. The largest absolute Gasteiger partial charge is 0.597 e. The van der Waals surface area contributed by atoms with Gasteiger partial charge in [0.25, 0.3) is 0 Å². The number of hydrogen-bond donors (Lipinski definition) is 0. The van der Waals surface area contributed by atoms with Gasteiger partial charge in [0.2, 0.25) is 0 Å². The molecular formula is C11H19NO3S. The lowest BCUT2D eigenvalue weighted by atomic mass is 10.2. The average molecular weight is 245 g/mol. The highest BCUT2D eigenvalue weighted by atomic mass is 32.2. The van der Waals surface area contributed by atoms with E-state index in [0.717, 1.165) is 12.8 Å². The Kier molecular flexibility index (Phi) is 2.97. The third-order valence-corrected chi connectivity index (χ3v) is 4.97. The third kappa shape index (κ3) is 2.08. The first-order valence-corrected chi connectivity index (χ1v) is 6.76. The SMILES string of the molecule is COC(=O)[C@H]1[C@@H](C2CC2)N1[S+]([O-])C(C)(C)C. The maximum Gasteiger partial charge on any atom is 0.329 e. The summed E-state index contributed by atoms with van der Waals surface area (Å²) in [6.45, 7) is 5.79. The lowest BCUT2D eigenvalue weighted by Gasteiger charge is -2.24. The van der Waals surface area contributed by atoms with E-state index in [2.05, 4.69) is 0 Å². The molecule has 2 rings (SSSR count). The summed E-state index contributed by atoms with van der Waals surface area (Å²) in [7, 11) is 1.39. The molecule has 2 fully saturated rings. The molecule has 1 aliphatic heterocycles. The average Bonchev–Trinajstić information content (AvgIpc) is 3.03. The lowest BCUT2D eigenvalue weighted by Crippen LogP contribution is -2.36. The van der Waals surface area contributed by atoms with E-state index in [4.69, 9.17) is 4.74 Å². The standard InChI is InChI=1S/C11H19NO3S/c1-11(2,3)16(14)12-8(7-5-6-7)9(12)10(13)15-4/h7-9H,5-6H2,1-4H3/t8-,9-,12?,16?/m1/s1.